The van der Waals surface area contributed by atoms with E-state index in [4.69, 9.17) is 14.5 Å². The van der Waals surface area contributed by atoms with Gasteiger partial charge in [-0.3, -0.25) is 9.36 Å². The third-order valence-corrected chi connectivity index (χ3v) is 6.52. The minimum absolute atomic E-state index is 0.0602. The van der Waals surface area contributed by atoms with Crippen molar-refractivity contribution in [3.8, 4) is 11.5 Å². The molecular weight excluding hydrogens is 362 g/mol. The van der Waals surface area contributed by atoms with Gasteiger partial charge in [-0.15, -0.1) is 11.3 Å². The van der Waals surface area contributed by atoms with Gasteiger partial charge in [0.25, 0.3) is 5.56 Å². The Balaban J connectivity index is 1.37. The fourth-order valence-electron chi connectivity index (χ4n) is 3.86. The maximum absolute atomic E-state index is 12.9. The Hall–Kier alpha value is -2.54. The van der Waals surface area contributed by atoms with E-state index in [-0.39, 0.29) is 12.4 Å². The predicted octanol–water partition coefficient (Wildman–Crippen LogP) is 3.26. The lowest BCUT2D eigenvalue weighted by molar-refractivity contribution is 0.174. The molecule has 0 fully saturated rings. The highest BCUT2D eigenvalue weighted by Gasteiger charge is 2.21. The van der Waals surface area contributed by atoms with Crippen molar-refractivity contribution in [2.24, 2.45) is 7.05 Å². The number of nitrogens with one attached hydrogen (secondary N) is 1. The zero-order chi connectivity index (χ0) is 18.4. The van der Waals surface area contributed by atoms with Crippen LogP contribution in [0, 0.1) is 0 Å². The van der Waals surface area contributed by atoms with E-state index in [2.05, 4.69) is 5.32 Å². The van der Waals surface area contributed by atoms with Gasteiger partial charge in [0.15, 0.2) is 11.5 Å². The van der Waals surface area contributed by atoms with Crippen LogP contribution in [0.2, 0.25) is 0 Å². The quantitative estimate of drug-likeness (QED) is 0.749. The monoisotopic (exact) mass is 383 g/mol. The molecule has 7 heteroatoms. The van der Waals surface area contributed by atoms with E-state index < -0.39 is 0 Å². The number of nitrogens with zero attached hydrogens (tertiary/aromatic N) is 2. The van der Waals surface area contributed by atoms with Crippen LogP contribution in [-0.4, -0.2) is 22.9 Å². The first-order chi connectivity index (χ1) is 13.2. The molecule has 0 amide bonds. The SMILES string of the molecule is Cn1c(NCCc2ccc3c(c2)OCO3)nc2sc3c(c2c1=O)CCCC3. The number of hydrogen-bond donors (Lipinski definition) is 1. The van der Waals surface area contributed by atoms with Crippen molar-refractivity contribution in [2.75, 3.05) is 18.7 Å². The van der Waals surface area contributed by atoms with Crippen molar-refractivity contribution in [2.45, 2.75) is 32.1 Å². The number of ether oxygens (including phenoxy) is 2. The lowest BCUT2D eigenvalue weighted by Gasteiger charge is -2.12. The molecule has 0 unspecified atom stereocenters. The highest BCUT2D eigenvalue weighted by Crippen LogP contribution is 2.34. The predicted molar refractivity (Wildman–Crippen MR) is 106 cm³/mol. The van der Waals surface area contributed by atoms with Crippen LogP contribution in [0.25, 0.3) is 10.2 Å². The number of benzene rings is 1. The van der Waals surface area contributed by atoms with Crippen molar-refractivity contribution >= 4 is 27.5 Å². The smallest absolute Gasteiger partial charge is 0.263 e. The molecule has 0 radical (unpaired) electrons. The first-order valence-corrected chi connectivity index (χ1v) is 10.2. The topological polar surface area (TPSA) is 65.4 Å². The molecule has 0 bridgehead atoms. The van der Waals surface area contributed by atoms with Crippen molar-refractivity contribution < 1.29 is 9.47 Å². The van der Waals surface area contributed by atoms with Gasteiger partial charge in [0.05, 0.1) is 5.39 Å². The summed E-state index contributed by atoms with van der Waals surface area (Å²) in [4.78, 5) is 19.9. The van der Waals surface area contributed by atoms with Gasteiger partial charge < -0.3 is 14.8 Å². The molecule has 1 aliphatic heterocycles. The van der Waals surface area contributed by atoms with E-state index in [0.29, 0.717) is 12.5 Å². The summed E-state index contributed by atoms with van der Waals surface area (Å²) in [6.45, 7) is 0.977. The molecule has 3 aromatic rings. The van der Waals surface area contributed by atoms with Gasteiger partial charge in [-0.05, 0) is 55.4 Å². The number of thiophene rings is 1. The highest BCUT2D eigenvalue weighted by molar-refractivity contribution is 7.18. The standard InChI is InChI=1S/C20H21N3O3S/c1-23-19(24)17-13-4-2-3-5-16(13)27-18(17)22-20(23)21-9-8-12-6-7-14-15(10-12)26-11-25-14/h6-7,10H,2-5,8-9,11H2,1H3,(H,21,22). The molecule has 0 saturated carbocycles. The lowest BCUT2D eigenvalue weighted by atomic mass is 9.97. The Bertz CT molecular complexity index is 1090. The van der Waals surface area contributed by atoms with E-state index in [1.807, 2.05) is 18.2 Å². The Morgan fingerprint density at radius 1 is 1.22 bits per heavy atom. The number of aryl methyl sites for hydroxylation is 2. The van der Waals surface area contributed by atoms with Crippen LogP contribution in [0.1, 0.15) is 28.8 Å². The number of hydrogen-bond acceptors (Lipinski definition) is 6. The van der Waals surface area contributed by atoms with Crippen LogP contribution in [0.4, 0.5) is 5.95 Å². The minimum atomic E-state index is 0.0602. The molecule has 140 valence electrons. The molecule has 0 atom stereocenters. The molecule has 6 nitrogen and oxygen atoms in total. The lowest BCUT2D eigenvalue weighted by Crippen LogP contribution is -2.23. The second kappa shape index (κ2) is 6.56. The first-order valence-electron chi connectivity index (χ1n) is 9.34. The summed E-state index contributed by atoms with van der Waals surface area (Å²) in [5.41, 5.74) is 2.45. The van der Waals surface area contributed by atoms with Gasteiger partial charge in [0, 0.05) is 18.5 Å². The minimum Gasteiger partial charge on any atom is -0.454 e. The van der Waals surface area contributed by atoms with Crippen LogP contribution < -0.4 is 20.3 Å². The van der Waals surface area contributed by atoms with Crippen LogP contribution in [0.15, 0.2) is 23.0 Å². The Morgan fingerprint density at radius 2 is 2.07 bits per heavy atom. The Kier molecular flexibility index (Phi) is 4.04. The normalized spacial score (nSPS) is 15.1. The van der Waals surface area contributed by atoms with Gasteiger partial charge in [-0.1, -0.05) is 6.07 Å². The third-order valence-electron chi connectivity index (χ3n) is 5.33. The van der Waals surface area contributed by atoms with Crippen molar-refractivity contribution in [3.05, 3.63) is 44.6 Å². The molecular formula is C20H21N3O3S. The summed E-state index contributed by atoms with van der Waals surface area (Å²) in [6.07, 6.45) is 5.26. The molecule has 5 rings (SSSR count). The van der Waals surface area contributed by atoms with Gasteiger partial charge in [-0.2, -0.15) is 0 Å². The van der Waals surface area contributed by atoms with E-state index in [0.717, 1.165) is 53.0 Å². The molecule has 0 spiro atoms. The maximum atomic E-state index is 12.9. The van der Waals surface area contributed by atoms with Crippen LogP contribution >= 0.6 is 11.3 Å². The number of rotatable bonds is 4. The van der Waals surface area contributed by atoms with E-state index in [9.17, 15) is 4.79 Å². The summed E-state index contributed by atoms with van der Waals surface area (Å²) in [5.74, 6) is 2.22. The molecule has 1 N–H and O–H groups in total. The molecule has 2 aliphatic rings. The average molecular weight is 383 g/mol. The van der Waals surface area contributed by atoms with Crippen LogP contribution in [0.5, 0.6) is 11.5 Å². The maximum Gasteiger partial charge on any atom is 0.263 e. The van der Waals surface area contributed by atoms with Crippen molar-refractivity contribution in [1.82, 2.24) is 9.55 Å². The molecule has 3 heterocycles. The zero-order valence-electron chi connectivity index (χ0n) is 15.2. The Labute approximate surface area is 160 Å². The highest BCUT2D eigenvalue weighted by atomic mass is 32.1. The number of fused-ring (bicyclic) bond motifs is 4. The summed E-state index contributed by atoms with van der Waals surface area (Å²) in [5, 5.41) is 4.16. The second-order valence-corrected chi connectivity index (χ2v) is 8.14. The largest absolute Gasteiger partial charge is 0.454 e. The molecule has 1 aliphatic carbocycles. The second-order valence-electron chi connectivity index (χ2n) is 7.06. The average Bonchev–Trinajstić information content (AvgIpc) is 3.29. The first kappa shape index (κ1) is 16.6. The third kappa shape index (κ3) is 2.86. The fraction of sp³-hybridized carbons (Fsp3) is 0.400. The number of anilines is 1. The molecule has 1 aromatic carbocycles. The summed E-state index contributed by atoms with van der Waals surface area (Å²) >= 11 is 1.69. The van der Waals surface area contributed by atoms with Gasteiger partial charge >= 0.3 is 0 Å². The van der Waals surface area contributed by atoms with Gasteiger partial charge in [0.2, 0.25) is 12.7 Å². The molecule has 2 aromatic heterocycles. The summed E-state index contributed by atoms with van der Waals surface area (Å²) in [7, 11) is 1.80. The van der Waals surface area contributed by atoms with E-state index in [1.54, 1.807) is 23.0 Å². The fourth-order valence-corrected chi connectivity index (χ4v) is 5.11. The van der Waals surface area contributed by atoms with Crippen molar-refractivity contribution in [3.63, 3.8) is 0 Å². The Morgan fingerprint density at radius 3 is 3.00 bits per heavy atom. The van der Waals surface area contributed by atoms with Gasteiger partial charge in [-0.25, -0.2) is 4.98 Å². The van der Waals surface area contributed by atoms with E-state index in [1.165, 1.54) is 16.9 Å². The van der Waals surface area contributed by atoms with Crippen LogP contribution in [-0.2, 0) is 26.3 Å². The van der Waals surface area contributed by atoms with Gasteiger partial charge in [0.1, 0.15) is 4.83 Å². The molecule has 0 saturated heterocycles. The van der Waals surface area contributed by atoms with E-state index >= 15 is 0 Å². The summed E-state index contributed by atoms with van der Waals surface area (Å²) in [6, 6.07) is 5.99. The number of aromatic nitrogens is 2. The summed E-state index contributed by atoms with van der Waals surface area (Å²) < 4.78 is 12.4. The van der Waals surface area contributed by atoms with Crippen LogP contribution in [0.3, 0.4) is 0 Å². The zero-order valence-corrected chi connectivity index (χ0v) is 16.0. The molecule has 27 heavy (non-hydrogen) atoms. The van der Waals surface area contributed by atoms with Crippen molar-refractivity contribution in [1.29, 1.82) is 0 Å².